The molecule has 0 saturated carbocycles. The molecule has 1 rings (SSSR count). The molecule has 1 atom stereocenters. The minimum Gasteiger partial charge on any atom is -0.320 e. The zero-order valence-corrected chi connectivity index (χ0v) is 7.91. The number of hydrogen-bond acceptors (Lipinski definition) is 1. The van der Waals surface area contributed by atoms with Crippen LogP contribution in [0.3, 0.4) is 0 Å². The highest BCUT2D eigenvalue weighted by molar-refractivity contribution is 5.25. The maximum absolute atomic E-state index is 3.18. The fraction of sp³-hybridized carbons (Fsp3) is 0.800. The topological polar surface area (TPSA) is 12.0 Å². The van der Waals surface area contributed by atoms with Crippen molar-refractivity contribution in [3.05, 3.63) is 11.1 Å². The summed E-state index contributed by atoms with van der Waals surface area (Å²) in [5, 5.41) is 3.18. The highest BCUT2D eigenvalue weighted by Crippen LogP contribution is 2.36. The molecule has 1 nitrogen and oxygen atoms in total. The van der Waals surface area contributed by atoms with Gasteiger partial charge in [-0.1, -0.05) is 18.1 Å². The number of nitrogens with one attached hydrogen (secondary N) is 1. The zero-order chi connectivity index (χ0) is 8.27. The van der Waals surface area contributed by atoms with Crippen molar-refractivity contribution in [2.75, 3.05) is 13.6 Å². The molecule has 1 unspecified atom stereocenters. The highest BCUT2D eigenvalue weighted by atomic mass is 14.8. The minimum absolute atomic E-state index is 0.881. The summed E-state index contributed by atoms with van der Waals surface area (Å²) in [7, 11) is 2.02. The third-order valence-electron chi connectivity index (χ3n) is 2.63. The second-order valence-electron chi connectivity index (χ2n) is 3.62. The van der Waals surface area contributed by atoms with Gasteiger partial charge in [-0.3, -0.25) is 0 Å². The first-order valence-electron chi connectivity index (χ1n) is 4.58. The predicted molar refractivity (Wildman–Crippen MR) is 49.6 cm³/mol. The molecule has 0 aliphatic heterocycles. The molecule has 11 heavy (non-hydrogen) atoms. The lowest BCUT2D eigenvalue weighted by molar-refractivity contribution is 0.536. The lowest BCUT2D eigenvalue weighted by Crippen LogP contribution is -2.16. The molecule has 1 aliphatic rings. The van der Waals surface area contributed by atoms with Crippen molar-refractivity contribution >= 4 is 0 Å². The first-order chi connectivity index (χ1) is 5.25. The molecule has 0 amide bonds. The van der Waals surface area contributed by atoms with Crippen LogP contribution in [0.2, 0.25) is 0 Å². The Kier molecular flexibility index (Phi) is 3.13. The van der Waals surface area contributed by atoms with Gasteiger partial charge in [0.15, 0.2) is 0 Å². The van der Waals surface area contributed by atoms with Crippen molar-refractivity contribution in [1.29, 1.82) is 0 Å². The molecule has 0 heterocycles. The normalized spacial score (nSPS) is 23.7. The molecule has 0 radical (unpaired) electrons. The number of hydrogen-bond donors (Lipinski definition) is 1. The van der Waals surface area contributed by atoms with Crippen molar-refractivity contribution < 1.29 is 0 Å². The maximum Gasteiger partial charge on any atom is -0.00489 e. The van der Waals surface area contributed by atoms with E-state index in [9.17, 15) is 0 Å². The fourth-order valence-electron chi connectivity index (χ4n) is 1.92. The van der Waals surface area contributed by atoms with E-state index in [1.54, 1.807) is 11.1 Å². The van der Waals surface area contributed by atoms with Gasteiger partial charge in [0, 0.05) is 0 Å². The van der Waals surface area contributed by atoms with Crippen LogP contribution in [0, 0.1) is 5.92 Å². The largest absolute Gasteiger partial charge is 0.320 e. The summed E-state index contributed by atoms with van der Waals surface area (Å²) in [6.45, 7) is 5.76. The van der Waals surface area contributed by atoms with Crippen LogP contribution >= 0.6 is 0 Å². The van der Waals surface area contributed by atoms with Crippen LogP contribution < -0.4 is 5.32 Å². The van der Waals surface area contributed by atoms with E-state index in [-0.39, 0.29) is 0 Å². The summed E-state index contributed by atoms with van der Waals surface area (Å²) in [5.41, 5.74) is 3.37. The smallest absolute Gasteiger partial charge is 0.00489 e. The van der Waals surface area contributed by atoms with Crippen LogP contribution in [0.25, 0.3) is 0 Å². The van der Waals surface area contributed by atoms with Gasteiger partial charge in [-0.2, -0.15) is 0 Å². The molecule has 64 valence electrons. The van der Waals surface area contributed by atoms with Crippen LogP contribution in [0.1, 0.15) is 33.1 Å². The Morgan fingerprint density at radius 3 is 2.73 bits per heavy atom. The Labute approximate surface area is 69.9 Å². The maximum atomic E-state index is 3.18. The van der Waals surface area contributed by atoms with Crippen LogP contribution in [0.5, 0.6) is 0 Å². The SMILES string of the molecule is CNCCCC1=C(C)CC1C. The Morgan fingerprint density at radius 2 is 2.27 bits per heavy atom. The molecule has 0 aromatic carbocycles. The molecule has 0 aromatic heterocycles. The summed E-state index contributed by atoms with van der Waals surface area (Å²) in [6, 6.07) is 0. The Hall–Kier alpha value is -0.300. The molecule has 0 aromatic rings. The standard InChI is InChI=1S/C10H19N/c1-8-7-9(2)10(8)5-4-6-11-3/h8,11H,4-7H2,1-3H3. The third-order valence-corrected chi connectivity index (χ3v) is 2.63. The Morgan fingerprint density at radius 1 is 1.55 bits per heavy atom. The van der Waals surface area contributed by atoms with E-state index in [1.165, 1.54) is 19.3 Å². The van der Waals surface area contributed by atoms with Gasteiger partial charge in [-0.15, -0.1) is 0 Å². The molecule has 0 bridgehead atoms. The average Bonchev–Trinajstić information content (AvgIpc) is 1.98. The summed E-state index contributed by atoms with van der Waals surface area (Å²) in [4.78, 5) is 0. The van der Waals surface area contributed by atoms with E-state index < -0.39 is 0 Å². The van der Waals surface area contributed by atoms with Crippen LogP contribution in [-0.2, 0) is 0 Å². The fourth-order valence-corrected chi connectivity index (χ4v) is 1.92. The molecule has 1 heteroatoms. The van der Waals surface area contributed by atoms with E-state index in [2.05, 4.69) is 19.2 Å². The minimum atomic E-state index is 0.881. The van der Waals surface area contributed by atoms with Gasteiger partial charge in [-0.25, -0.2) is 0 Å². The van der Waals surface area contributed by atoms with Gasteiger partial charge < -0.3 is 5.32 Å². The number of allylic oxidation sites excluding steroid dienone is 2. The van der Waals surface area contributed by atoms with Crippen molar-refractivity contribution in [2.24, 2.45) is 5.92 Å². The van der Waals surface area contributed by atoms with Gasteiger partial charge in [0.25, 0.3) is 0 Å². The Balaban J connectivity index is 2.21. The predicted octanol–water partition coefficient (Wildman–Crippen LogP) is 2.34. The summed E-state index contributed by atoms with van der Waals surface area (Å²) < 4.78 is 0. The molecule has 0 fully saturated rings. The highest BCUT2D eigenvalue weighted by Gasteiger charge is 2.20. The number of rotatable bonds is 4. The van der Waals surface area contributed by atoms with E-state index in [0.29, 0.717) is 0 Å². The summed E-state index contributed by atoms with van der Waals surface area (Å²) >= 11 is 0. The average molecular weight is 153 g/mol. The first kappa shape index (κ1) is 8.79. The van der Waals surface area contributed by atoms with Crippen molar-refractivity contribution in [3.8, 4) is 0 Å². The quantitative estimate of drug-likeness (QED) is 0.483. The molecule has 1 N–H and O–H groups in total. The van der Waals surface area contributed by atoms with Crippen molar-refractivity contribution in [2.45, 2.75) is 33.1 Å². The van der Waals surface area contributed by atoms with Crippen molar-refractivity contribution in [3.63, 3.8) is 0 Å². The van der Waals surface area contributed by atoms with Crippen molar-refractivity contribution in [1.82, 2.24) is 5.32 Å². The third kappa shape index (κ3) is 2.06. The van der Waals surface area contributed by atoms with E-state index in [4.69, 9.17) is 0 Å². The van der Waals surface area contributed by atoms with Gasteiger partial charge in [0.1, 0.15) is 0 Å². The van der Waals surface area contributed by atoms with E-state index >= 15 is 0 Å². The summed E-state index contributed by atoms with van der Waals surface area (Å²) in [5.74, 6) is 0.881. The van der Waals surface area contributed by atoms with Gasteiger partial charge in [0.05, 0.1) is 0 Å². The molecule has 0 spiro atoms. The molecule has 0 saturated heterocycles. The Bertz CT molecular complexity index is 158. The zero-order valence-electron chi connectivity index (χ0n) is 7.91. The monoisotopic (exact) mass is 153 g/mol. The first-order valence-corrected chi connectivity index (χ1v) is 4.58. The van der Waals surface area contributed by atoms with Gasteiger partial charge in [-0.05, 0) is 45.7 Å². The second-order valence-corrected chi connectivity index (χ2v) is 3.62. The van der Waals surface area contributed by atoms with Gasteiger partial charge >= 0.3 is 0 Å². The van der Waals surface area contributed by atoms with E-state index in [0.717, 1.165) is 12.5 Å². The van der Waals surface area contributed by atoms with Crippen LogP contribution in [0.15, 0.2) is 11.1 Å². The molecular weight excluding hydrogens is 134 g/mol. The van der Waals surface area contributed by atoms with Crippen LogP contribution in [-0.4, -0.2) is 13.6 Å². The van der Waals surface area contributed by atoms with E-state index in [1.807, 2.05) is 7.05 Å². The molecule has 1 aliphatic carbocycles. The second kappa shape index (κ2) is 3.91. The summed E-state index contributed by atoms with van der Waals surface area (Å²) in [6.07, 6.45) is 3.95. The lowest BCUT2D eigenvalue weighted by atomic mass is 9.77. The van der Waals surface area contributed by atoms with Crippen LogP contribution in [0.4, 0.5) is 0 Å². The van der Waals surface area contributed by atoms with Gasteiger partial charge in [0.2, 0.25) is 0 Å². The molecular formula is C10H19N. The lowest BCUT2D eigenvalue weighted by Gasteiger charge is -2.29.